The van der Waals surface area contributed by atoms with E-state index in [1.165, 1.54) is 27.2 Å². The molecule has 3 amide bonds. The van der Waals surface area contributed by atoms with Crippen LogP contribution in [-0.2, 0) is 23.9 Å². The molecule has 5 rings (SSSR count). The third-order valence-electron chi connectivity index (χ3n) is 5.04. The van der Waals surface area contributed by atoms with E-state index in [1.54, 1.807) is 24.4 Å². The number of nitrogens with zero attached hydrogens (tertiary/aromatic N) is 5. The van der Waals surface area contributed by atoms with Gasteiger partial charge in [-0.15, -0.1) is 32.9 Å². The van der Waals surface area contributed by atoms with Gasteiger partial charge in [0.1, 0.15) is 4.70 Å². The molecule has 1 N–H and O–H groups in total. The Labute approximate surface area is 179 Å². The van der Waals surface area contributed by atoms with Crippen LogP contribution in [0.25, 0.3) is 16.0 Å². The molecule has 9 nitrogen and oxygen atoms in total. The van der Waals surface area contributed by atoms with Crippen molar-refractivity contribution in [1.29, 1.82) is 0 Å². The maximum absolute atomic E-state index is 13.2. The number of carbonyl (C=O) groups is 2. The lowest BCUT2D eigenvalue weighted by Crippen LogP contribution is -2.40. The molecule has 5 heterocycles. The standard InChI is InChI=1S/C17H13BrN6O3S2/c1-17(9-3-4-10(18)29-9)14(26)23(16(27)19-17)7-11-20-21-15-22(2)13(25)12-8(24(11)15)5-6-28-12/h3-6H,7H2,1-2H3,(H,19,27). The molecule has 12 heteroatoms. The Hall–Kier alpha value is -2.57. The summed E-state index contributed by atoms with van der Waals surface area (Å²) >= 11 is 6.11. The van der Waals surface area contributed by atoms with Crippen molar-refractivity contribution in [2.75, 3.05) is 0 Å². The highest BCUT2D eigenvalue weighted by atomic mass is 79.9. The van der Waals surface area contributed by atoms with Gasteiger partial charge in [-0.1, -0.05) is 0 Å². The van der Waals surface area contributed by atoms with Crippen molar-refractivity contribution in [2.45, 2.75) is 19.0 Å². The Morgan fingerprint density at radius 1 is 1.21 bits per heavy atom. The fourth-order valence-corrected chi connectivity index (χ4v) is 5.82. The highest BCUT2D eigenvalue weighted by Gasteiger charge is 2.50. The first-order valence-electron chi connectivity index (χ1n) is 8.51. The first-order valence-corrected chi connectivity index (χ1v) is 11.0. The number of hydrogen-bond acceptors (Lipinski definition) is 7. The summed E-state index contributed by atoms with van der Waals surface area (Å²) in [4.78, 5) is 40.2. The molecular weight excluding hydrogens is 480 g/mol. The number of urea groups is 1. The van der Waals surface area contributed by atoms with Gasteiger partial charge in [-0.3, -0.25) is 23.5 Å². The molecule has 4 aromatic heterocycles. The van der Waals surface area contributed by atoms with Crippen molar-refractivity contribution in [3.05, 3.63) is 48.4 Å². The lowest BCUT2D eigenvalue weighted by atomic mass is 10.0. The quantitative estimate of drug-likeness (QED) is 0.442. The average molecular weight is 493 g/mol. The lowest BCUT2D eigenvalue weighted by molar-refractivity contribution is -0.131. The zero-order chi connectivity index (χ0) is 20.5. The normalized spacial score (nSPS) is 19.6. The third-order valence-corrected chi connectivity index (χ3v) is 7.77. The van der Waals surface area contributed by atoms with Crippen LogP contribution >= 0.6 is 38.6 Å². The molecule has 148 valence electrons. The molecule has 0 radical (unpaired) electrons. The molecular formula is C17H13BrN6O3S2. The van der Waals surface area contributed by atoms with Gasteiger partial charge in [-0.2, -0.15) is 0 Å². The van der Waals surface area contributed by atoms with E-state index in [2.05, 4.69) is 31.4 Å². The predicted octanol–water partition coefficient (Wildman–Crippen LogP) is 2.43. The van der Waals surface area contributed by atoms with Crippen LogP contribution in [0, 0.1) is 0 Å². The van der Waals surface area contributed by atoms with Crippen LogP contribution in [0.4, 0.5) is 4.79 Å². The number of halogens is 1. The monoisotopic (exact) mass is 492 g/mol. The van der Waals surface area contributed by atoms with Crippen LogP contribution in [0.3, 0.4) is 0 Å². The zero-order valence-electron chi connectivity index (χ0n) is 15.2. The number of aromatic nitrogens is 4. The van der Waals surface area contributed by atoms with Crippen LogP contribution < -0.4 is 10.9 Å². The van der Waals surface area contributed by atoms with Gasteiger partial charge in [0.25, 0.3) is 11.5 Å². The van der Waals surface area contributed by atoms with Crippen molar-refractivity contribution in [1.82, 2.24) is 29.4 Å². The number of amides is 3. The van der Waals surface area contributed by atoms with Crippen LogP contribution in [0.15, 0.2) is 32.2 Å². The molecule has 0 spiro atoms. The fraction of sp³-hybridized carbons (Fsp3) is 0.235. The minimum absolute atomic E-state index is 0.0584. The number of rotatable bonds is 3. The van der Waals surface area contributed by atoms with Crippen molar-refractivity contribution in [3.8, 4) is 0 Å². The molecule has 0 bridgehead atoms. The zero-order valence-corrected chi connectivity index (χ0v) is 18.4. The van der Waals surface area contributed by atoms with Gasteiger partial charge < -0.3 is 5.32 Å². The van der Waals surface area contributed by atoms with Crippen molar-refractivity contribution in [2.24, 2.45) is 7.05 Å². The van der Waals surface area contributed by atoms with Crippen LogP contribution in [-0.4, -0.2) is 36.0 Å². The fourth-order valence-electron chi connectivity index (χ4n) is 3.49. The van der Waals surface area contributed by atoms with Crippen LogP contribution in [0.1, 0.15) is 17.6 Å². The van der Waals surface area contributed by atoms with E-state index in [0.717, 1.165) is 13.6 Å². The minimum Gasteiger partial charge on any atom is -0.319 e. The van der Waals surface area contributed by atoms with Crippen molar-refractivity contribution >= 4 is 66.5 Å². The molecule has 29 heavy (non-hydrogen) atoms. The molecule has 0 saturated carbocycles. The molecule has 1 aliphatic heterocycles. The van der Waals surface area contributed by atoms with E-state index < -0.39 is 11.6 Å². The van der Waals surface area contributed by atoms with E-state index in [1.807, 2.05) is 17.5 Å². The van der Waals surface area contributed by atoms with Gasteiger partial charge in [0.05, 0.1) is 15.8 Å². The molecule has 0 aromatic carbocycles. The number of thiophene rings is 2. The summed E-state index contributed by atoms with van der Waals surface area (Å²) in [5.74, 6) is 0.395. The van der Waals surface area contributed by atoms with Gasteiger partial charge in [-0.25, -0.2) is 4.79 Å². The molecule has 1 unspecified atom stereocenters. The average Bonchev–Trinajstić information content (AvgIpc) is 3.44. The Kier molecular flexibility index (Phi) is 3.95. The van der Waals surface area contributed by atoms with E-state index in [4.69, 9.17) is 0 Å². The lowest BCUT2D eigenvalue weighted by Gasteiger charge is -2.19. The van der Waals surface area contributed by atoms with Crippen LogP contribution in [0.5, 0.6) is 0 Å². The summed E-state index contributed by atoms with van der Waals surface area (Å²) in [5.41, 5.74) is -0.642. The van der Waals surface area contributed by atoms with Crippen LogP contribution in [0.2, 0.25) is 0 Å². The molecule has 1 aliphatic rings. The third kappa shape index (κ3) is 2.52. The van der Waals surface area contributed by atoms with Gasteiger partial charge in [-0.05, 0) is 46.4 Å². The van der Waals surface area contributed by atoms with E-state index in [-0.39, 0.29) is 18.0 Å². The van der Waals surface area contributed by atoms with E-state index >= 15 is 0 Å². The second-order valence-electron chi connectivity index (χ2n) is 6.80. The number of imide groups is 1. The van der Waals surface area contributed by atoms with Gasteiger partial charge in [0.15, 0.2) is 11.4 Å². The second kappa shape index (κ2) is 6.21. The van der Waals surface area contributed by atoms with Crippen molar-refractivity contribution in [3.63, 3.8) is 0 Å². The number of aryl methyl sites for hydroxylation is 1. The first kappa shape index (κ1) is 18.5. The summed E-state index contributed by atoms with van der Waals surface area (Å²) in [6, 6.07) is 4.96. The summed E-state index contributed by atoms with van der Waals surface area (Å²) in [6.45, 7) is 1.63. The smallest absolute Gasteiger partial charge is 0.319 e. The Balaban J connectivity index is 1.59. The molecule has 0 aliphatic carbocycles. The maximum Gasteiger partial charge on any atom is 0.325 e. The predicted molar refractivity (Wildman–Crippen MR) is 112 cm³/mol. The topological polar surface area (TPSA) is 102 Å². The number of nitrogens with one attached hydrogen (secondary N) is 1. The molecule has 1 atom stereocenters. The molecule has 4 aromatic rings. The van der Waals surface area contributed by atoms with Gasteiger partial charge in [0.2, 0.25) is 5.78 Å². The number of carbonyl (C=O) groups excluding carboxylic acids is 2. The summed E-state index contributed by atoms with van der Waals surface area (Å²) < 4.78 is 4.56. The molecule has 1 fully saturated rings. The maximum atomic E-state index is 13.2. The first-order chi connectivity index (χ1) is 13.8. The summed E-state index contributed by atoms with van der Waals surface area (Å²) in [5, 5.41) is 12.9. The van der Waals surface area contributed by atoms with E-state index in [0.29, 0.717) is 21.8 Å². The van der Waals surface area contributed by atoms with Gasteiger partial charge >= 0.3 is 6.03 Å². The van der Waals surface area contributed by atoms with E-state index in [9.17, 15) is 14.4 Å². The largest absolute Gasteiger partial charge is 0.325 e. The summed E-state index contributed by atoms with van der Waals surface area (Å²) in [6.07, 6.45) is 0. The second-order valence-corrected chi connectivity index (χ2v) is 10.2. The summed E-state index contributed by atoms with van der Waals surface area (Å²) in [7, 11) is 1.62. The highest BCUT2D eigenvalue weighted by molar-refractivity contribution is 9.11. The Morgan fingerprint density at radius 3 is 2.72 bits per heavy atom. The molecule has 1 saturated heterocycles. The Bertz CT molecular complexity index is 1380. The number of hydrogen-bond donors (Lipinski definition) is 1. The minimum atomic E-state index is -1.14. The Morgan fingerprint density at radius 2 is 2.00 bits per heavy atom. The van der Waals surface area contributed by atoms with Crippen molar-refractivity contribution < 1.29 is 9.59 Å². The number of fused-ring (bicyclic) bond motifs is 3. The SMILES string of the molecule is Cn1c(=O)c2sccc2n2c(CN3C(=O)NC(C)(c4ccc(Br)s4)C3=O)nnc12. The van der Waals surface area contributed by atoms with Gasteiger partial charge in [0, 0.05) is 11.9 Å². The highest BCUT2D eigenvalue weighted by Crippen LogP contribution is 2.36.